The van der Waals surface area contributed by atoms with E-state index < -0.39 is 0 Å². The minimum absolute atomic E-state index is 0. The third-order valence-corrected chi connectivity index (χ3v) is 3.68. The maximum atomic E-state index is 5.52. The minimum Gasteiger partial charge on any atom is -0.444 e. The molecule has 0 atom stereocenters. The number of thiophene rings is 1. The quantitative estimate of drug-likeness (QED) is 0.443. The summed E-state index contributed by atoms with van der Waals surface area (Å²) in [4.78, 5) is 10.1. The third-order valence-electron chi connectivity index (χ3n) is 2.80. The van der Waals surface area contributed by atoms with Crippen LogP contribution in [0, 0.1) is 13.8 Å². The van der Waals surface area contributed by atoms with E-state index in [-0.39, 0.29) is 24.0 Å². The molecule has 0 saturated carbocycles. The number of hydrogen-bond acceptors (Lipinski definition) is 4. The summed E-state index contributed by atoms with van der Waals surface area (Å²) >= 11 is 1.73. The normalized spacial score (nSPS) is 11.1. The number of nitrogens with zero attached hydrogens (tertiary/aromatic N) is 2. The molecule has 0 aliphatic rings. The lowest BCUT2D eigenvalue weighted by atomic mass is 10.4. The highest BCUT2D eigenvalue weighted by Crippen LogP contribution is 2.09. The van der Waals surface area contributed by atoms with Gasteiger partial charge in [0, 0.05) is 11.4 Å². The highest BCUT2D eigenvalue weighted by molar-refractivity contribution is 14.0. The second-order valence-electron chi connectivity index (χ2n) is 4.38. The van der Waals surface area contributed by atoms with Crippen molar-refractivity contribution in [3.63, 3.8) is 0 Å². The van der Waals surface area contributed by atoms with E-state index in [1.165, 1.54) is 4.88 Å². The second kappa shape index (κ2) is 9.04. The molecule has 7 heteroatoms. The summed E-state index contributed by atoms with van der Waals surface area (Å²) in [7, 11) is 0. The molecule has 0 bridgehead atoms. The maximum absolute atomic E-state index is 5.52. The van der Waals surface area contributed by atoms with E-state index in [9.17, 15) is 0 Å². The van der Waals surface area contributed by atoms with Gasteiger partial charge < -0.3 is 15.1 Å². The molecule has 0 aromatic carbocycles. The summed E-state index contributed by atoms with van der Waals surface area (Å²) in [5.74, 6) is 2.27. The van der Waals surface area contributed by atoms with Gasteiger partial charge in [0.25, 0.3) is 0 Å². The number of halogens is 1. The van der Waals surface area contributed by atoms with Gasteiger partial charge in [-0.2, -0.15) is 0 Å². The predicted molar refractivity (Wildman–Crippen MR) is 97.4 cm³/mol. The molecule has 5 nitrogen and oxygen atoms in total. The molecule has 0 aliphatic heterocycles. The van der Waals surface area contributed by atoms with Gasteiger partial charge in [0.05, 0.1) is 12.2 Å². The molecule has 2 N–H and O–H groups in total. The van der Waals surface area contributed by atoms with Crippen molar-refractivity contribution in [2.45, 2.75) is 33.9 Å². The first-order valence-electron chi connectivity index (χ1n) is 6.66. The van der Waals surface area contributed by atoms with E-state index in [2.05, 4.69) is 32.1 Å². The van der Waals surface area contributed by atoms with Gasteiger partial charge in [-0.1, -0.05) is 6.07 Å². The zero-order valence-corrected chi connectivity index (χ0v) is 15.6. The predicted octanol–water partition coefficient (Wildman–Crippen LogP) is 3.23. The summed E-state index contributed by atoms with van der Waals surface area (Å²) in [5.41, 5.74) is 0.923. The average molecular weight is 420 g/mol. The van der Waals surface area contributed by atoms with Crippen LogP contribution in [-0.2, 0) is 13.1 Å². The lowest BCUT2D eigenvalue weighted by Gasteiger charge is -2.09. The van der Waals surface area contributed by atoms with Crippen molar-refractivity contribution in [1.82, 2.24) is 15.6 Å². The van der Waals surface area contributed by atoms with Gasteiger partial charge in [0.2, 0.25) is 5.89 Å². The Morgan fingerprint density at radius 2 is 2.19 bits per heavy atom. The Hall–Kier alpha value is -1.09. The van der Waals surface area contributed by atoms with Gasteiger partial charge >= 0.3 is 0 Å². The van der Waals surface area contributed by atoms with Crippen molar-refractivity contribution >= 4 is 41.3 Å². The fourth-order valence-electron chi connectivity index (χ4n) is 1.68. The first-order chi connectivity index (χ1) is 9.69. The summed E-state index contributed by atoms with van der Waals surface area (Å²) < 4.78 is 5.52. The fraction of sp³-hybridized carbons (Fsp3) is 0.429. The Morgan fingerprint density at radius 1 is 1.38 bits per heavy atom. The minimum atomic E-state index is 0. The third kappa shape index (κ3) is 5.66. The molecule has 0 unspecified atom stereocenters. The van der Waals surface area contributed by atoms with Crippen LogP contribution in [0.15, 0.2) is 26.9 Å². The fourth-order valence-corrected chi connectivity index (χ4v) is 2.32. The first-order valence-corrected chi connectivity index (χ1v) is 7.54. The second-order valence-corrected chi connectivity index (χ2v) is 5.41. The van der Waals surface area contributed by atoms with Gasteiger partial charge in [0.15, 0.2) is 5.96 Å². The van der Waals surface area contributed by atoms with Crippen LogP contribution in [0.4, 0.5) is 0 Å². The first kappa shape index (κ1) is 18.0. The summed E-state index contributed by atoms with van der Waals surface area (Å²) in [6.45, 7) is 7.92. The van der Waals surface area contributed by atoms with E-state index >= 15 is 0 Å². The van der Waals surface area contributed by atoms with Gasteiger partial charge in [-0.05, 0) is 32.2 Å². The van der Waals surface area contributed by atoms with Crippen molar-refractivity contribution in [3.8, 4) is 0 Å². The Morgan fingerprint density at radius 3 is 2.76 bits per heavy atom. The molecule has 21 heavy (non-hydrogen) atoms. The van der Waals surface area contributed by atoms with Crippen molar-refractivity contribution in [3.05, 3.63) is 39.7 Å². The molecule has 2 aromatic heterocycles. The lowest BCUT2D eigenvalue weighted by Crippen LogP contribution is -2.36. The number of guanidine groups is 1. The zero-order valence-electron chi connectivity index (χ0n) is 12.5. The largest absolute Gasteiger partial charge is 0.444 e. The molecule has 2 aromatic rings. The average Bonchev–Trinajstić information content (AvgIpc) is 3.04. The zero-order chi connectivity index (χ0) is 14.4. The van der Waals surface area contributed by atoms with Gasteiger partial charge in [0.1, 0.15) is 12.3 Å². The van der Waals surface area contributed by atoms with Gasteiger partial charge in [-0.25, -0.2) is 9.98 Å². The monoisotopic (exact) mass is 420 g/mol. The molecule has 0 aliphatic carbocycles. The molecule has 0 amide bonds. The number of aromatic nitrogens is 1. The molecular formula is C14H21IN4OS. The highest BCUT2D eigenvalue weighted by Gasteiger charge is 2.05. The van der Waals surface area contributed by atoms with Crippen molar-refractivity contribution in [2.24, 2.45) is 4.99 Å². The van der Waals surface area contributed by atoms with E-state index in [0.717, 1.165) is 30.5 Å². The highest BCUT2D eigenvalue weighted by atomic mass is 127. The van der Waals surface area contributed by atoms with Crippen molar-refractivity contribution < 1.29 is 4.42 Å². The summed E-state index contributed by atoms with van der Waals surface area (Å²) in [5, 5.41) is 8.57. The van der Waals surface area contributed by atoms with Crippen LogP contribution in [0.3, 0.4) is 0 Å². The summed E-state index contributed by atoms with van der Waals surface area (Å²) in [6.07, 6.45) is 0. The Bertz CT molecular complexity index is 546. The Balaban J connectivity index is 0.00000220. The number of aliphatic imine (C=N–C) groups is 1. The van der Waals surface area contributed by atoms with Crippen LogP contribution in [0.1, 0.15) is 29.1 Å². The van der Waals surface area contributed by atoms with E-state index in [1.807, 2.05) is 26.8 Å². The number of nitrogens with one attached hydrogen (secondary N) is 2. The number of oxazole rings is 1. The van der Waals surface area contributed by atoms with Crippen LogP contribution in [0.2, 0.25) is 0 Å². The van der Waals surface area contributed by atoms with Crippen molar-refractivity contribution in [1.29, 1.82) is 0 Å². The summed E-state index contributed by atoms with van der Waals surface area (Å²) in [6, 6.07) is 4.14. The topological polar surface area (TPSA) is 62.5 Å². The molecule has 116 valence electrons. The molecule has 0 saturated heterocycles. The van der Waals surface area contributed by atoms with E-state index in [4.69, 9.17) is 4.42 Å². The Labute approximate surface area is 146 Å². The molecule has 0 fully saturated rings. The molecular weight excluding hydrogens is 399 g/mol. The van der Waals surface area contributed by atoms with Crippen LogP contribution >= 0.6 is 35.3 Å². The van der Waals surface area contributed by atoms with Crippen LogP contribution in [0.25, 0.3) is 0 Å². The lowest BCUT2D eigenvalue weighted by molar-refractivity contribution is 0.473. The van der Waals surface area contributed by atoms with Crippen LogP contribution in [-0.4, -0.2) is 17.5 Å². The standard InChI is InChI=1S/C14H20N4OS.HI/c1-4-15-14(16-8-12-6-5-7-20-12)17-9-13-18-10(2)11(3)19-13;/h5-7H,4,8-9H2,1-3H3,(H2,15,16,17);1H. The van der Waals surface area contributed by atoms with Gasteiger partial charge in [-0.3, -0.25) is 0 Å². The van der Waals surface area contributed by atoms with Crippen LogP contribution < -0.4 is 10.6 Å². The van der Waals surface area contributed by atoms with Gasteiger partial charge in [-0.15, -0.1) is 35.3 Å². The molecule has 2 heterocycles. The van der Waals surface area contributed by atoms with E-state index in [0.29, 0.717) is 12.4 Å². The molecule has 0 spiro atoms. The maximum Gasteiger partial charge on any atom is 0.216 e. The number of hydrogen-bond donors (Lipinski definition) is 2. The number of rotatable bonds is 5. The number of aryl methyl sites for hydroxylation is 2. The smallest absolute Gasteiger partial charge is 0.216 e. The van der Waals surface area contributed by atoms with Crippen LogP contribution in [0.5, 0.6) is 0 Å². The molecule has 2 rings (SSSR count). The van der Waals surface area contributed by atoms with Crippen molar-refractivity contribution in [2.75, 3.05) is 6.54 Å². The Kier molecular flexibility index (Phi) is 7.73. The molecule has 0 radical (unpaired) electrons. The SMILES string of the molecule is CCNC(=NCc1nc(C)c(C)o1)NCc1cccs1.I. The van der Waals surface area contributed by atoms with E-state index in [1.54, 1.807) is 11.3 Å².